The van der Waals surface area contributed by atoms with Crippen molar-refractivity contribution in [2.24, 2.45) is 0 Å². The van der Waals surface area contributed by atoms with Crippen molar-refractivity contribution >= 4 is 0 Å². The molecule has 1 aromatic heterocycles. The summed E-state index contributed by atoms with van der Waals surface area (Å²) < 4.78 is 32.8. The molecule has 0 amide bonds. The largest absolute Gasteiger partial charge is 0.468 e. The van der Waals surface area contributed by atoms with Gasteiger partial charge in [-0.15, -0.1) is 0 Å². The van der Waals surface area contributed by atoms with Crippen LogP contribution in [0.2, 0.25) is 0 Å². The van der Waals surface area contributed by atoms with Gasteiger partial charge in [-0.25, -0.2) is 8.78 Å². The summed E-state index contributed by atoms with van der Waals surface area (Å²) in [5.74, 6) is -0.135. The lowest BCUT2D eigenvalue weighted by Gasteiger charge is -2.24. The minimum Gasteiger partial charge on any atom is -0.468 e. The van der Waals surface area contributed by atoms with Crippen LogP contribution in [0, 0.1) is 18.6 Å². The normalized spacial score (nSPS) is 22.9. The van der Waals surface area contributed by atoms with Crippen LogP contribution in [0.15, 0.2) is 34.9 Å². The highest BCUT2D eigenvalue weighted by Gasteiger charge is 2.34. The van der Waals surface area contributed by atoms with Crippen LogP contribution in [0.3, 0.4) is 0 Å². The van der Waals surface area contributed by atoms with E-state index in [1.165, 1.54) is 6.07 Å². The summed E-state index contributed by atoms with van der Waals surface area (Å²) in [6, 6.07) is 4.96. The molecule has 0 saturated carbocycles. The first-order valence-corrected chi connectivity index (χ1v) is 6.94. The van der Waals surface area contributed by atoms with E-state index in [-0.39, 0.29) is 11.6 Å². The van der Waals surface area contributed by atoms with E-state index >= 15 is 0 Å². The number of aliphatic hydroxyl groups is 1. The number of aliphatic hydroxyl groups excluding tert-OH is 1. The van der Waals surface area contributed by atoms with E-state index in [0.717, 1.165) is 23.5 Å². The third kappa shape index (κ3) is 2.84. The second-order valence-electron chi connectivity index (χ2n) is 5.53. The van der Waals surface area contributed by atoms with Gasteiger partial charge in [0.25, 0.3) is 0 Å². The molecule has 5 heteroatoms. The Morgan fingerprint density at radius 3 is 2.86 bits per heavy atom. The highest BCUT2D eigenvalue weighted by Crippen LogP contribution is 2.35. The minimum absolute atomic E-state index is 0.288. The molecule has 1 aromatic carbocycles. The van der Waals surface area contributed by atoms with Crippen LogP contribution in [-0.4, -0.2) is 22.7 Å². The van der Waals surface area contributed by atoms with Crippen LogP contribution in [0.5, 0.6) is 0 Å². The van der Waals surface area contributed by atoms with Gasteiger partial charge in [0.2, 0.25) is 0 Å². The first kappa shape index (κ1) is 14.2. The summed E-state index contributed by atoms with van der Waals surface area (Å²) in [6.07, 6.45) is 1.45. The Morgan fingerprint density at radius 2 is 2.14 bits per heavy atom. The zero-order chi connectivity index (χ0) is 15.0. The van der Waals surface area contributed by atoms with E-state index in [9.17, 15) is 13.9 Å². The lowest BCUT2D eigenvalue weighted by molar-refractivity contribution is 0.168. The smallest absolute Gasteiger partial charge is 0.128 e. The van der Waals surface area contributed by atoms with E-state index in [0.29, 0.717) is 19.5 Å². The molecule has 2 unspecified atom stereocenters. The maximum absolute atomic E-state index is 14.0. The number of aryl methyl sites for hydroxylation is 1. The van der Waals surface area contributed by atoms with E-state index in [1.54, 1.807) is 6.26 Å². The molecule has 112 valence electrons. The van der Waals surface area contributed by atoms with Crippen molar-refractivity contribution in [3.8, 4) is 0 Å². The molecule has 0 aliphatic carbocycles. The molecule has 1 fully saturated rings. The van der Waals surface area contributed by atoms with Gasteiger partial charge in [-0.1, -0.05) is 0 Å². The van der Waals surface area contributed by atoms with E-state index < -0.39 is 17.7 Å². The molecule has 2 aromatic rings. The fourth-order valence-corrected chi connectivity index (χ4v) is 2.90. The molecule has 1 saturated heterocycles. The standard InChI is InChI=1S/C16H17F2NO2/c1-10-4-5-21-16(10)9-19-8-12(20)7-15(19)13-6-11(17)2-3-14(13)18/h2-6,12,15,20H,7-9H2,1H3. The number of likely N-dealkylation sites (tertiary alicyclic amines) is 1. The maximum Gasteiger partial charge on any atom is 0.128 e. The van der Waals surface area contributed by atoms with Gasteiger partial charge in [-0.05, 0) is 43.2 Å². The van der Waals surface area contributed by atoms with Gasteiger partial charge in [0.1, 0.15) is 17.4 Å². The number of furan rings is 1. The zero-order valence-corrected chi connectivity index (χ0v) is 11.7. The van der Waals surface area contributed by atoms with Gasteiger partial charge >= 0.3 is 0 Å². The first-order chi connectivity index (χ1) is 10.0. The van der Waals surface area contributed by atoms with Crippen LogP contribution < -0.4 is 0 Å². The molecular formula is C16H17F2NO2. The Bertz CT molecular complexity index is 641. The van der Waals surface area contributed by atoms with Crippen LogP contribution in [0.25, 0.3) is 0 Å². The fraction of sp³-hybridized carbons (Fsp3) is 0.375. The highest BCUT2D eigenvalue weighted by molar-refractivity contribution is 5.24. The SMILES string of the molecule is Cc1ccoc1CN1CC(O)CC1c1cc(F)ccc1F. The van der Waals surface area contributed by atoms with Crippen molar-refractivity contribution in [2.45, 2.75) is 32.0 Å². The van der Waals surface area contributed by atoms with Crippen LogP contribution in [0.1, 0.15) is 29.3 Å². The number of rotatable bonds is 3. The molecule has 1 N–H and O–H groups in total. The molecule has 2 atom stereocenters. The lowest BCUT2D eigenvalue weighted by Crippen LogP contribution is -2.25. The number of hydrogen-bond acceptors (Lipinski definition) is 3. The van der Waals surface area contributed by atoms with Crippen molar-refractivity contribution in [3.05, 3.63) is 59.1 Å². The third-order valence-corrected chi connectivity index (χ3v) is 4.01. The molecule has 2 heterocycles. The van der Waals surface area contributed by atoms with E-state index in [1.807, 2.05) is 17.9 Å². The summed E-state index contributed by atoms with van der Waals surface area (Å²) in [5.41, 5.74) is 1.30. The minimum atomic E-state index is -0.548. The predicted octanol–water partition coefficient (Wildman–Crippen LogP) is 3.17. The topological polar surface area (TPSA) is 36.6 Å². The summed E-state index contributed by atoms with van der Waals surface area (Å²) >= 11 is 0. The Labute approximate surface area is 121 Å². The first-order valence-electron chi connectivity index (χ1n) is 6.94. The molecule has 1 aliphatic heterocycles. The monoisotopic (exact) mass is 293 g/mol. The lowest BCUT2D eigenvalue weighted by atomic mass is 10.0. The Balaban J connectivity index is 1.89. The summed E-state index contributed by atoms with van der Waals surface area (Å²) in [4.78, 5) is 1.92. The van der Waals surface area contributed by atoms with Gasteiger partial charge in [0, 0.05) is 18.2 Å². The van der Waals surface area contributed by atoms with Gasteiger partial charge in [0.05, 0.1) is 18.9 Å². The Hall–Kier alpha value is -1.72. The van der Waals surface area contributed by atoms with Crippen LogP contribution >= 0.6 is 0 Å². The van der Waals surface area contributed by atoms with Gasteiger partial charge in [-0.2, -0.15) is 0 Å². The van der Waals surface area contributed by atoms with E-state index in [2.05, 4.69) is 0 Å². The van der Waals surface area contributed by atoms with Gasteiger partial charge in [-0.3, -0.25) is 4.90 Å². The summed E-state index contributed by atoms with van der Waals surface area (Å²) in [7, 11) is 0. The fourth-order valence-electron chi connectivity index (χ4n) is 2.90. The maximum atomic E-state index is 14.0. The second-order valence-corrected chi connectivity index (χ2v) is 5.53. The quantitative estimate of drug-likeness (QED) is 0.944. The second kappa shape index (κ2) is 5.58. The number of nitrogens with zero attached hydrogens (tertiary/aromatic N) is 1. The van der Waals surface area contributed by atoms with Gasteiger partial charge in [0.15, 0.2) is 0 Å². The van der Waals surface area contributed by atoms with E-state index in [4.69, 9.17) is 4.42 Å². The number of hydrogen-bond donors (Lipinski definition) is 1. The van der Waals surface area contributed by atoms with Crippen LogP contribution in [-0.2, 0) is 6.54 Å². The Morgan fingerprint density at radius 1 is 1.33 bits per heavy atom. The van der Waals surface area contributed by atoms with Gasteiger partial charge < -0.3 is 9.52 Å². The van der Waals surface area contributed by atoms with Crippen molar-refractivity contribution < 1.29 is 18.3 Å². The van der Waals surface area contributed by atoms with Crippen molar-refractivity contribution in [3.63, 3.8) is 0 Å². The molecular weight excluding hydrogens is 276 g/mol. The summed E-state index contributed by atoms with van der Waals surface area (Å²) in [6.45, 7) is 2.82. The number of benzene rings is 1. The number of β-amino-alcohol motifs (C(OH)–C–C–N with tert-alkyl or cyclic N) is 1. The zero-order valence-electron chi connectivity index (χ0n) is 11.7. The molecule has 0 spiro atoms. The molecule has 0 radical (unpaired) electrons. The molecule has 21 heavy (non-hydrogen) atoms. The molecule has 0 bridgehead atoms. The third-order valence-electron chi connectivity index (χ3n) is 4.01. The van der Waals surface area contributed by atoms with Crippen LogP contribution in [0.4, 0.5) is 8.78 Å². The molecule has 3 rings (SSSR count). The Kier molecular flexibility index (Phi) is 3.78. The average molecular weight is 293 g/mol. The molecule has 3 nitrogen and oxygen atoms in total. The van der Waals surface area contributed by atoms with Crippen molar-refractivity contribution in [2.75, 3.05) is 6.54 Å². The highest BCUT2D eigenvalue weighted by atomic mass is 19.1. The van der Waals surface area contributed by atoms with Crippen molar-refractivity contribution in [1.82, 2.24) is 4.90 Å². The molecule has 1 aliphatic rings. The predicted molar refractivity (Wildman–Crippen MR) is 73.6 cm³/mol. The summed E-state index contributed by atoms with van der Waals surface area (Å²) in [5, 5.41) is 9.90. The average Bonchev–Trinajstić information content (AvgIpc) is 3.00. The van der Waals surface area contributed by atoms with Crippen molar-refractivity contribution in [1.29, 1.82) is 0 Å². The number of halogens is 2.